The van der Waals surface area contributed by atoms with Crippen molar-refractivity contribution < 1.29 is 0 Å². The number of thioether (sulfide) groups is 1. The lowest BCUT2D eigenvalue weighted by atomic mass is 10.0. The molecule has 1 aliphatic rings. The van der Waals surface area contributed by atoms with Crippen LogP contribution < -0.4 is 5.73 Å². The molecule has 2 rings (SSSR count). The summed E-state index contributed by atoms with van der Waals surface area (Å²) in [4.78, 5) is 0. The second-order valence-corrected chi connectivity index (χ2v) is 6.67. The molecule has 0 saturated heterocycles. The van der Waals surface area contributed by atoms with Crippen LogP contribution >= 0.6 is 27.7 Å². The van der Waals surface area contributed by atoms with Gasteiger partial charge in [0.1, 0.15) is 0 Å². The summed E-state index contributed by atoms with van der Waals surface area (Å²) < 4.78 is 2.53. The van der Waals surface area contributed by atoms with Gasteiger partial charge in [-0.2, -0.15) is 11.8 Å². The summed E-state index contributed by atoms with van der Waals surface area (Å²) in [7, 11) is 1.89. The van der Waals surface area contributed by atoms with Crippen LogP contribution in [0.1, 0.15) is 43.8 Å². The smallest absolute Gasteiger partial charge is 0.153 e. The third-order valence-corrected chi connectivity index (χ3v) is 5.30. The second-order valence-electron chi connectivity index (χ2n) is 4.59. The highest BCUT2D eigenvalue weighted by Gasteiger charge is 2.19. The monoisotopic (exact) mass is 318 g/mol. The van der Waals surface area contributed by atoms with Gasteiger partial charge in [0.2, 0.25) is 0 Å². The minimum atomic E-state index is 0.0105. The van der Waals surface area contributed by atoms with Gasteiger partial charge in [-0.3, -0.25) is 0 Å². The van der Waals surface area contributed by atoms with Crippen molar-refractivity contribution in [2.75, 3.05) is 5.75 Å². The maximum absolute atomic E-state index is 6.21. The molecular weight excluding hydrogens is 300 g/mol. The molecule has 1 fully saturated rings. The van der Waals surface area contributed by atoms with Crippen LogP contribution in [0.5, 0.6) is 0 Å². The van der Waals surface area contributed by atoms with Crippen LogP contribution in [0.4, 0.5) is 0 Å². The number of nitrogens with two attached hydrogens (primary N) is 1. The predicted octanol–water partition coefficient (Wildman–Crippen LogP) is 2.64. The molecule has 96 valence electrons. The minimum Gasteiger partial charge on any atom is -0.322 e. The number of aryl methyl sites for hydroxylation is 1. The van der Waals surface area contributed by atoms with Crippen molar-refractivity contribution in [3.05, 3.63) is 10.3 Å². The number of hydrogen-bond donors (Lipinski definition) is 1. The standard InChI is InChI=1S/C11H19BrN4S/c1-16-10(11(12)14-15-16)9(13)7-17-8-5-3-2-4-6-8/h8-9H,2-7,13H2,1H3. The highest BCUT2D eigenvalue weighted by molar-refractivity contribution is 9.10. The molecule has 1 atom stereocenters. The first-order valence-electron chi connectivity index (χ1n) is 6.10. The topological polar surface area (TPSA) is 56.7 Å². The van der Waals surface area contributed by atoms with Crippen LogP contribution in [0.2, 0.25) is 0 Å². The van der Waals surface area contributed by atoms with E-state index >= 15 is 0 Å². The molecule has 6 heteroatoms. The van der Waals surface area contributed by atoms with E-state index < -0.39 is 0 Å². The summed E-state index contributed by atoms with van der Waals surface area (Å²) in [6, 6.07) is 0.0105. The molecule has 0 aromatic carbocycles. The molecule has 0 radical (unpaired) electrons. The maximum atomic E-state index is 6.21. The van der Waals surface area contributed by atoms with E-state index in [1.807, 2.05) is 18.8 Å². The van der Waals surface area contributed by atoms with E-state index in [1.165, 1.54) is 32.1 Å². The molecule has 0 bridgehead atoms. The van der Waals surface area contributed by atoms with E-state index in [0.29, 0.717) is 0 Å². The van der Waals surface area contributed by atoms with Gasteiger partial charge in [-0.1, -0.05) is 24.5 Å². The molecule has 1 heterocycles. The van der Waals surface area contributed by atoms with Gasteiger partial charge in [-0.15, -0.1) is 5.10 Å². The van der Waals surface area contributed by atoms with Crippen molar-refractivity contribution in [2.24, 2.45) is 12.8 Å². The van der Waals surface area contributed by atoms with Gasteiger partial charge in [-0.05, 0) is 28.8 Å². The Morgan fingerprint density at radius 3 is 2.76 bits per heavy atom. The molecule has 1 saturated carbocycles. The molecule has 1 aromatic rings. The van der Waals surface area contributed by atoms with E-state index in [0.717, 1.165) is 21.3 Å². The number of rotatable bonds is 4. The Balaban J connectivity index is 1.86. The molecule has 2 N–H and O–H groups in total. The van der Waals surface area contributed by atoms with E-state index in [1.54, 1.807) is 4.68 Å². The lowest BCUT2D eigenvalue weighted by molar-refractivity contribution is 0.515. The zero-order chi connectivity index (χ0) is 12.3. The lowest BCUT2D eigenvalue weighted by Crippen LogP contribution is -2.20. The van der Waals surface area contributed by atoms with Gasteiger partial charge < -0.3 is 5.73 Å². The Labute approximate surface area is 115 Å². The van der Waals surface area contributed by atoms with Crippen LogP contribution in [0.25, 0.3) is 0 Å². The van der Waals surface area contributed by atoms with Crippen LogP contribution in [-0.4, -0.2) is 26.0 Å². The summed E-state index contributed by atoms with van der Waals surface area (Å²) in [6.07, 6.45) is 6.86. The second kappa shape index (κ2) is 6.20. The summed E-state index contributed by atoms with van der Waals surface area (Å²) in [5.74, 6) is 0.949. The van der Waals surface area contributed by atoms with Gasteiger partial charge in [-0.25, -0.2) is 4.68 Å². The number of nitrogens with zero attached hydrogens (tertiary/aromatic N) is 3. The van der Waals surface area contributed by atoms with Crippen molar-refractivity contribution >= 4 is 27.7 Å². The molecular formula is C11H19BrN4S. The Morgan fingerprint density at radius 1 is 1.47 bits per heavy atom. The van der Waals surface area contributed by atoms with E-state index in [9.17, 15) is 0 Å². The molecule has 0 spiro atoms. The molecule has 1 aliphatic carbocycles. The first-order valence-corrected chi connectivity index (χ1v) is 7.95. The normalized spacial score (nSPS) is 19.5. The molecule has 4 nitrogen and oxygen atoms in total. The molecule has 0 amide bonds. The highest BCUT2D eigenvalue weighted by atomic mass is 79.9. The zero-order valence-electron chi connectivity index (χ0n) is 10.1. The van der Waals surface area contributed by atoms with Gasteiger partial charge in [0.25, 0.3) is 0 Å². The Kier molecular flexibility index (Phi) is 4.87. The minimum absolute atomic E-state index is 0.0105. The molecule has 1 unspecified atom stereocenters. The van der Waals surface area contributed by atoms with Crippen molar-refractivity contribution in [2.45, 2.75) is 43.4 Å². The van der Waals surface area contributed by atoms with Crippen molar-refractivity contribution in [3.8, 4) is 0 Å². The maximum Gasteiger partial charge on any atom is 0.153 e. The third kappa shape index (κ3) is 3.45. The van der Waals surface area contributed by atoms with Gasteiger partial charge in [0.05, 0.1) is 11.7 Å². The average Bonchev–Trinajstić information content (AvgIpc) is 2.67. The van der Waals surface area contributed by atoms with Gasteiger partial charge in [0.15, 0.2) is 4.60 Å². The van der Waals surface area contributed by atoms with E-state index in [2.05, 4.69) is 26.2 Å². The fraction of sp³-hybridized carbons (Fsp3) is 0.818. The quantitative estimate of drug-likeness (QED) is 0.927. The zero-order valence-corrected chi connectivity index (χ0v) is 12.5. The number of aromatic nitrogens is 3. The summed E-state index contributed by atoms with van der Waals surface area (Å²) in [6.45, 7) is 0. The first kappa shape index (κ1) is 13.4. The summed E-state index contributed by atoms with van der Waals surface area (Å²) >= 11 is 5.41. The summed E-state index contributed by atoms with van der Waals surface area (Å²) in [5, 5.41) is 8.74. The SMILES string of the molecule is Cn1nnc(Br)c1C(N)CSC1CCCCC1. The Hall–Kier alpha value is -0.0700. The van der Waals surface area contributed by atoms with Crippen LogP contribution in [0.3, 0.4) is 0 Å². The highest BCUT2D eigenvalue weighted by Crippen LogP contribution is 2.31. The van der Waals surface area contributed by atoms with Crippen molar-refractivity contribution in [1.29, 1.82) is 0 Å². The fourth-order valence-electron chi connectivity index (χ4n) is 2.28. The van der Waals surface area contributed by atoms with Gasteiger partial charge >= 0.3 is 0 Å². The van der Waals surface area contributed by atoms with Crippen LogP contribution in [0, 0.1) is 0 Å². The first-order chi connectivity index (χ1) is 8.18. The van der Waals surface area contributed by atoms with Crippen LogP contribution in [-0.2, 0) is 7.05 Å². The van der Waals surface area contributed by atoms with Crippen molar-refractivity contribution in [1.82, 2.24) is 15.0 Å². The largest absolute Gasteiger partial charge is 0.322 e. The Morgan fingerprint density at radius 2 is 2.18 bits per heavy atom. The third-order valence-electron chi connectivity index (χ3n) is 3.24. The molecule has 0 aliphatic heterocycles. The summed E-state index contributed by atoms with van der Waals surface area (Å²) in [5.41, 5.74) is 7.20. The van der Waals surface area contributed by atoms with Crippen molar-refractivity contribution in [3.63, 3.8) is 0 Å². The molecule has 17 heavy (non-hydrogen) atoms. The van der Waals surface area contributed by atoms with Crippen LogP contribution in [0.15, 0.2) is 4.60 Å². The average molecular weight is 319 g/mol. The number of hydrogen-bond acceptors (Lipinski definition) is 4. The molecule has 1 aromatic heterocycles. The van der Waals surface area contributed by atoms with Gasteiger partial charge in [0, 0.05) is 18.1 Å². The predicted molar refractivity (Wildman–Crippen MR) is 75.0 cm³/mol. The number of halogens is 1. The van der Waals surface area contributed by atoms with E-state index in [-0.39, 0.29) is 6.04 Å². The Bertz CT molecular complexity index is 343. The lowest BCUT2D eigenvalue weighted by Gasteiger charge is -2.22. The fourth-order valence-corrected chi connectivity index (χ4v) is 4.21. The van der Waals surface area contributed by atoms with E-state index in [4.69, 9.17) is 5.73 Å².